The number of hydrogen-bond acceptors (Lipinski definition) is 4. The first-order valence-electron chi connectivity index (χ1n) is 9.98. The van der Waals surface area contributed by atoms with Crippen molar-refractivity contribution < 1.29 is 9.59 Å². The van der Waals surface area contributed by atoms with Crippen LogP contribution in [-0.4, -0.2) is 62.6 Å². The highest BCUT2D eigenvalue weighted by atomic mass is 16.2. The SMILES string of the molecule is CC(C)CN1CC2(CCN(C(=O)c3cccc(-n4cnnc4)c3)CC2)CC1=O. The summed E-state index contributed by atoms with van der Waals surface area (Å²) in [6, 6.07) is 7.54. The average molecular weight is 381 g/mol. The molecule has 2 fully saturated rings. The third-order valence-electron chi connectivity index (χ3n) is 5.91. The zero-order valence-electron chi connectivity index (χ0n) is 16.5. The highest BCUT2D eigenvalue weighted by Gasteiger charge is 2.45. The van der Waals surface area contributed by atoms with Crippen molar-refractivity contribution in [1.29, 1.82) is 0 Å². The maximum absolute atomic E-state index is 13.0. The zero-order chi connectivity index (χ0) is 19.7. The minimum absolute atomic E-state index is 0.0487. The maximum atomic E-state index is 13.0. The van der Waals surface area contributed by atoms with E-state index >= 15 is 0 Å². The summed E-state index contributed by atoms with van der Waals surface area (Å²) in [5.41, 5.74) is 1.59. The Kier molecular flexibility index (Phi) is 4.91. The molecular formula is C21H27N5O2. The summed E-state index contributed by atoms with van der Waals surface area (Å²) in [6.45, 7) is 7.38. The van der Waals surface area contributed by atoms with Gasteiger partial charge in [0, 0.05) is 49.3 Å². The number of carbonyl (C=O) groups is 2. The van der Waals surface area contributed by atoms with Gasteiger partial charge in [-0.25, -0.2) is 0 Å². The van der Waals surface area contributed by atoms with E-state index in [1.165, 1.54) is 0 Å². The largest absolute Gasteiger partial charge is 0.342 e. The summed E-state index contributed by atoms with van der Waals surface area (Å²) in [4.78, 5) is 29.4. The lowest BCUT2D eigenvalue weighted by atomic mass is 9.77. The van der Waals surface area contributed by atoms with Gasteiger partial charge in [-0.2, -0.15) is 0 Å². The van der Waals surface area contributed by atoms with Crippen LogP contribution in [0.4, 0.5) is 0 Å². The first-order chi connectivity index (χ1) is 13.5. The summed E-state index contributed by atoms with van der Waals surface area (Å²) >= 11 is 0. The second-order valence-corrected chi connectivity index (χ2v) is 8.56. The fourth-order valence-corrected chi connectivity index (χ4v) is 4.42. The van der Waals surface area contributed by atoms with E-state index in [4.69, 9.17) is 0 Å². The smallest absolute Gasteiger partial charge is 0.253 e. The third-order valence-corrected chi connectivity index (χ3v) is 5.91. The summed E-state index contributed by atoms with van der Waals surface area (Å²) in [6.07, 6.45) is 5.65. The van der Waals surface area contributed by atoms with E-state index in [9.17, 15) is 9.59 Å². The van der Waals surface area contributed by atoms with E-state index < -0.39 is 0 Å². The Balaban J connectivity index is 1.41. The number of aromatic nitrogens is 3. The van der Waals surface area contributed by atoms with E-state index in [0.717, 1.165) is 31.6 Å². The molecule has 0 unspecified atom stereocenters. The van der Waals surface area contributed by atoms with E-state index in [1.54, 1.807) is 17.2 Å². The van der Waals surface area contributed by atoms with Crippen LogP contribution in [0.15, 0.2) is 36.9 Å². The van der Waals surface area contributed by atoms with Crippen LogP contribution in [0.1, 0.15) is 43.5 Å². The second kappa shape index (κ2) is 7.37. The molecule has 4 rings (SSSR count). The van der Waals surface area contributed by atoms with E-state index in [1.807, 2.05) is 34.1 Å². The molecular weight excluding hydrogens is 354 g/mol. The average Bonchev–Trinajstić information content (AvgIpc) is 3.31. The fraction of sp³-hybridized carbons (Fsp3) is 0.524. The number of hydrogen-bond donors (Lipinski definition) is 0. The Hall–Kier alpha value is -2.70. The van der Waals surface area contributed by atoms with Crippen molar-refractivity contribution in [2.75, 3.05) is 26.2 Å². The Morgan fingerprint density at radius 3 is 2.57 bits per heavy atom. The van der Waals surface area contributed by atoms with Crippen molar-refractivity contribution in [2.24, 2.45) is 11.3 Å². The van der Waals surface area contributed by atoms with Crippen molar-refractivity contribution >= 4 is 11.8 Å². The predicted molar refractivity (Wildman–Crippen MR) is 105 cm³/mol. The Bertz CT molecular complexity index is 853. The summed E-state index contributed by atoms with van der Waals surface area (Å²) in [7, 11) is 0. The van der Waals surface area contributed by atoms with Gasteiger partial charge in [0.25, 0.3) is 5.91 Å². The van der Waals surface area contributed by atoms with Gasteiger partial charge >= 0.3 is 0 Å². The van der Waals surface area contributed by atoms with Gasteiger partial charge in [-0.15, -0.1) is 10.2 Å². The van der Waals surface area contributed by atoms with Crippen LogP contribution in [0.5, 0.6) is 0 Å². The number of likely N-dealkylation sites (tertiary alicyclic amines) is 2. The van der Waals surface area contributed by atoms with Gasteiger partial charge in [0.1, 0.15) is 12.7 Å². The molecule has 0 bridgehead atoms. The highest BCUT2D eigenvalue weighted by molar-refractivity contribution is 5.94. The van der Waals surface area contributed by atoms with E-state index in [-0.39, 0.29) is 17.2 Å². The molecule has 1 aromatic heterocycles. The van der Waals surface area contributed by atoms with Gasteiger partial charge in [-0.05, 0) is 37.0 Å². The third kappa shape index (κ3) is 3.66. The molecule has 7 heteroatoms. The number of rotatable bonds is 4. The molecule has 28 heavy (non-hydrogen) atoms. The monoisotopic (exact) mass is 381 g/mol. The maximum Gasteiger partial charge on any atom is 0.253 e. The lowest BCUT2D eigenvalue weighted by molar-refractivity contribution is -0.128. The summed E-state index contributed by atoms with van der Waals surface area (Å²) < 4.78 is 1.79. The molecule has 2 aromatic rings. The number of benzene rings is 1. The molecule has 0 atom stereocenters. The molecule has 3 heterocycles. The molecule has 7 nitrogen and oxygen atoms in total. The standard InChI is InChI=1S/C21H27N5O2/c1-16(2)12-25-13-21(11-19(25)27)6-8-24(9-7-21)20(28)17-4-3-5-18(10-17)26-14-22-23-15-26/h3-5,10,14-16H,6-9,11-13H2,1-2H3. The quantitative estimate of drug-likeness (QED) is 0.815. The second-order valence-electron chi connectivity index (χ2n) is 8.56. The van der Waals surface area contributed by atoms with Gasteiger partial charge < -0.3 is 9.80 Å². The van der Waals surface area contributed by atoms with Gasteiger partial charge in [-0.3, -0.25) is 14.2 Å². The van der Waals surface area contributed by atoms with Crippen molar-refractivity contribution in [3.63, 3.8) is 0 Å². The molecule has 0 N–H and O–H groups in total. The molecule has 2 aliphatic rings. The Labute approximate surface area is 165 Å². The first-order valence-corrected chi connectivity index (χ1v) is 9.98. The Morgan fingerprint density at radius 2 is 1.89 bits per heavy atom. The minimum Gasteiger partial charge on any atom is -0.342 e. The van der Waals surface area contributed by atoms with Crippen LogP contribution in [0.3, 0.4) is 0 Å². The van der Waals surface area contributed by atoms with E-state index in [0.29, 0.717) is 31.0 Å². The van der Waals surface area contributed by atoms with Crippen LogP contribution in [0.2, 0.25) is 0 Å². The highest BCUT2D eigenvalue weighted by Crippen LogP contribution is 2.41. The van der Waals surface area contributed by atoms with E-state index in [2.05, 4.69) is 24.0 Å². The Morgan fingerprint density at radius 1 is 1.18 bits per heavy atom. The van der Waals surface area contributed by atoms with Crippen LogP contribution in [0.25, 0.3) is 5.69 Å². The summed E-state index contributed by atoms with van der Waals surface area (Å²) in [5, 5.41) is 7.64. The number of nitrogens with zero attached hydrogens (tertiary/aromatic N) is 5. The van der Waals surface area contributed by atoms with Crippen molar-refractivity contribution in [1.82, 2.24) is 24.6 Å². The van der Waals surface area contributed by atoms with Crippen molar-refractivity contribution in [3.05, 3.63) is 42.5 Å². The van der Waals surface area contributed by atoms with Gasteiger partial charge in [0.2, 0.25) is 5.91 Å². The molecule has 2 saturated heterocycles. The molecule has 2 amide bonds. The van der Waals surface area contributed by atoms with Crippen LogP contribution < -0.4 is 0 Å². The van der Waals surface area contributed by atoms with Crippen LogP contribution >= 0.6 is 0 Å². The first kappa shape index (κ1) is 18.7. The summed E-state index contributed by atoms with van der Waals surface area (Å²) in [5.74, 6) is 0.807. The zero-order valence-corrected chi connectivity index (χ0v) is 16.5. The van der Waals surface area contributed by atoms with Gasteiger partial charge in [0.15, 0.2) is 0 Å². The lowest BCUT2D eigenvalue weighted by Crippen LogP contribution is -2.44. The molecule has 1 spiro atoms. The number of piperidine rings is 1. The fourth-order valence-electron chi connectivity index (χ4n) is 4.42. The molecule has 1 aromatic carbocycles. The minimum atomic E-state index is 0.0487. The van der Waals surface area contributed by atoms with Crippen molar-refractivity contribution in [2.45, 2.75) is 33.1 Å². The molecule has 2 aliphatic heterocycles. The topological polar surface area (TPSA) is 71.3 Å². The van der Waals surface area contributed by atoms with Gasteiger partial charge in [-0.1, -0.05) is 19.9 Å². The molecule has 0 radical (unpaired) electrons. The van der Waals surface area contributed by atoms with Crippen molar-refractivity contribution in [3.8, 4) is 5.69 Å². The molecule has 0 aliphatic carbocycles. The number of carbonyl (C=O) groups excluding carboxylic acids is 2. The normalized spacial score (nSPS) is 19.0. The van der Waals surface area contributed by atoms with Crippen LogP contribution in [0, 0.1) is 11.3 Å². The van der Waals surface area contributed by atoms with Gasteiger partial charge in [0.05, 0.1) is 0 Å². The van der Waals surface area contributed by atoms with Crippen LogP contribution in [-0.2, 0) is 4.79 Å². The molecule has 0 saturated carbocycles. The lowest BCUT2D eigenvalue weighted by Gasteiger charge is -2.39. The molecule has 148 valence electrons. The predicted octanol–water partition coefficient (Wildman–Crippen LogP) is 2.38. The number of amides is 2.